The fraction of sp³-hybridized carbons (Fsp3) is 0.240. The Morgan fingerprint density at radius 3 is 2.21 bits per heavy atom. The highest BCUT2D eigenvalue weighted by Gasteiger charge is 2.34. The van der Waals surface area contributed by atoms with Crippen molar-refractivity contribution in [3.63, 3.8) is 0 Å². The zero-order valence-corrected chi connectivity index (χ0v) is 19.5. The summed E-state index contributed by atoms with van der Waals surface area (Å²) < 4.78 is 13.6. The molecular weight excluding hydrogens is 441 g/mol. The van der Waals surface area contributed by atoms with Gasteiger partial charge in [-0.3, -0.25) is 19.3 Å². The highest BCUT2D eigenvalue weighted by Crippen LogP contribution is 2.29. The lowest BCUT2D eigenvalue weighted by Crippen LogP contribution is -2.51. The Bertz CT molecular complexity index is 1090. The van der Waals surface area contributed by atoms with Gasteiger partial charge in [-0.15, -0.1) is 11.3 Å². The van der Waals surface area contributed by atoms with E-state index >= 15 is 0 Å². The Morgan fingerprint density at radius 2 is 1.64 bits per heavy atom. The lowest BCUT2D eigenvalue weighted by molar-refractivity contribution is -0.127. The molecule has 0 aliphatic heterocycles. The SMILES string of the molecule is CC(C)(C)NC(=O)[C@@H](c1ccccc1)N(C(=O)CNC(=O)c1cccs1)c1ccc(F)cc1. The Hall–Kier alpha value is -3.52. The second-order valence-corrected chi connectivity index (χ2v) is 9.40. The number of nitrogens with one attached hydrogen (secondary N) is 2. The number of thiophene rings is 1. The van der Waals surface area contributed by atoms with Gasteiger partial charge in [-0.25, -0.2) is 4.39 Å². The number of carbonyl (C=O) groups is 3. The molecule has 0 unspecified atom stereocenters. The summed E-state index contributed by atoms with van der Waals surface area (Å²) in [5.41, 5.74) is 0.376. The lowest BCUT2D eigenvalue weighted by Gasteiger charge is -2.34. The number of nitrogens with zero attached hydrogens (tertiary/aromatic N) is 1. The van der Waals surface area contributed by atoms with Gasteiger partial charge in [0.1, 0.15) is 11.9 Å². The molecule has 2 N–H and O–H groups in total. The van der Waals surface area contributed by atoms with Gasteiger partial charge in [0.15, 0.2) is 0 Å². The van der Waals surface area contributed by atoms with Crippen molar-refractivity contribution in [2.45, 2.75) is 32.4 Å². The molecule has 0 saturated carbocycles. The van der Waals surface area contributed by atoms with Crippen LogP contribution >= 0.6 is 11.3 Å². The van der Waals surface area contributed by atoms with Gasteiger partial charge in [0.05, 0.1) is 11.4 Å². The molecule has 0 radical (unpaired) electrons. The summed E-state index contributed by atoms with van der Waals surface area (Å²) in [4.78, 5) is 41.0. The smallest absolute Gasteiger partial charge is 0.261 e. The van der Waals surface area contributed by atoms with Crippen LogP contribution in [0, 0.1) is 5.82 Å². The van der Waals surface area contributed by atoms with Crippen molar-refractivity contribution >= 4 is 34.7 Å². The predicted molar refractivity (Wildman–Crippen MR) is 128 cm³/mol. The Morgan fingerprint density at radius 1 is 0.970 bits per heavy atom. The van der Waals surface area contributed by atoms with Crippen LogP contribution in [0.4, 0.5) is 10.1 Å². The third-order valence-electron chi connectivity index (χ3n) is 4.64. The second-order valence-electron chi connectivity index (χ2n) is 8.45. The first kappa shape index (κ1) is 24.1. The summed E-state index contributed by atoms with van der Waals surface area (Å²) in [7, 11) is 0. The monoisotopic (exact) mass is 467 g/mol. The summed E-state index contributed by atoms with van der Waals surface area (Å²) >= 11 is 1.26. The van der Waals surface area contributed by atoms with E-state index in [0.717, 1.165) is 0 Å². The molecule has 1 heterocycles. The minimum absolute atomic E-state index is 0.333. The number of halogens is 1. The molecule has 3 rings (SSSR count). The van der Waals surface area contributed by atoms with Crippen molar-refractivity contribution in [3.8, 4) is 0 Å². The van der Waals surface area contributed by atoms with E-state index in [1.807, 2.05) is 26.8 Å². The average Bonchev–Trinajstić information content (AvgIpc) is 3.31. The molecule has 8 heteroatoms. The molecule has 1 aromatic heterocycles. The molecule has 172 valence electrons. The predicted octanol–water partition coefficient (Wildman–Crippen LogP) is 4.31. The molecule has 0 aliphatic carbocycles. The van der Waals surface area contributed by atoms with E-state index in [-0.39, 0.29) is 12.5 Å². The summed E-state index contributed by atoms with van der Waals surface area (Å²) in [5.74, 6) is -1.75. The van der Waals surface area contributed by atoms with Crippen LogP contribution in [-0.2, 0) is 9.59 Å². The molecule has 0 saturated heterocycles. The van der Waals surface area contributed by atoms with Gasteiger partial charge < -0.3 is 10.6 Å². The first-order chi connectivity index (χ1) is 15.7. The van der Waals surface area contributed by atoms with Crippen LogP contribution in [0.5, 0.6) is 0 Å². The molecule has 2 aromatic carbocycles. The van der Waals surface area contributed by atoms with Crippen LogP contribution in [0.3, 0.4) is 0 Å². The third kappa shape index (κ3) is 6.49. The van der Waals surface area contributed by atoms with E-state index in [2.05, 4.69) is 10.6 Å². The van der Waals surface area contributed by atoms with E-state index in [4.69, 9.17) is 0 Å². The van der Waals surface area contributed by atoms with Gasteiger partial charge in [0.25, 0.3) is 5.91 Å². The fourth-order valence-electron chi connectivity index (χ4n) is 3.27. The topological polar surface area (TPSA) is 78.5 Å². The molecule has 0 bridgehead atoms. The largest absolute Gasteiger partial charge is 0.349 e. The van der Waals surface area contributed by atoms with Crippen LogP contribution in [0.1, 0.15) is 42.0 Å². The van der Waals surface area contributed by atoms with Crippen LogP contribution < -0.4 is 15.5 Å². The van der Waals surface area contributed by atoms with Gasteiger partial charge in [-0.1, -0.05) is 36.4 Å². The third-order valence-corrected chi connectivity index (χ3v) is 5.51. The fourth-order valence-corrected chi connectivity index (χ4v) is 3.91. The number of carbonyl (C=O) groups excluding carboxylic acids is 3. The zero-order valence-electron chi connectivity index (χ0n) is 18.7. The quantitative estimate of drug-likeness (QED) is 0.544. The Balaban J connectivity index is 1.98. The molecule has 0 spiro atoms. The number of anilines is 1. The van der Waals surface area contributed by atoms with Crippen LogP contribution in [0.2, 0.25) is 0 Å². The standard InChI is InChI=1S/C25H26FN3O3S/c1-25(2,3)28-24(32)22(17-8-5-4-6-9-17)29(19-13-11-18(26)12-14-19)21(30)16-27-23(31)20-10-7-15-33-20/h4-15,22H,16H2,1-3H3,(H,27,31)(H,28,32)/t22-/m1/s1. The molecule has 3 amide bonds. The van der Waals surface area contributed by atoms with Crippen molar-refractivity contribution in [1.29, 1.82) is 0 Å². The molecular formula is C25H26FN3O3S. The van der Waals surface area contributed by atoms with Gasteiger partial charge in [0.2, 0.25) is 11.8 Å². The molecule has 6 nitrogen and oxygen atoms in total. The second kappa shape index (κ2) is 10.4. The van der Waals surface area contributed by atoms with E-state index in [0.29, 0.717) is 16.1 Å². The van der Waals surface area contributed by atoms with Crippen molar-refractivity contribution < 1.29 is 18.8 Å². The van der Waals surface area contributed by atoms with Crippen LogP contribution in [-0.4, -0.2) is 29.8 Å². The molecule has 1 atom stereocenters. The van der Waals surface area contributed by atoms with Crippen LogP contribution in [0.25, 0.3) is 0 Å². The molecule has 33 heavy (non-hydrogen) atoms. The van der Waals surface area contributed by atoms with E-state index in [1.54, 1.807) is 41.8 Å². The number of hydrogen-bond donors (Lipinski definition) is 2. The maximum Gasteiger partial charge on any atom is 0.261 e. The molecule has 0 aliphatic rings. The maximum atomic E-state index is 13.6. The number of amides is 3. The average molecular weight is 468 g/mol. The number of rotatable bonds is 7. The van der Waals surface area contributed by atoms with E-state index in [9.17, 15) is 18.8 Å². The van der Waals surface area contributed by atoms with Gasteiger partial charge in [0, 0.05) is 11.2 Å². The summed E-state index contributed by atoms with van der Waals surface area (Å²) in [6.07, 6.45) is 0. The first-order valence-electron chi connectivity index (χ1n) is 10.4. The van der Waals surface area contributed by atoms with E-state index in [1.165, 1.54) is 40.5 Å². The van der Waals surface area contributed by atoms with Crippen LogP contribution in [0.15, 0.2) is 72.1 Å². The summed E-state index contributed by atoms with van der Waals surface area (Å²) in [6, 6.07) is 16.6. The maximum absolute atomic E-state index is 13.6. The minimum atomic E-state index is -1.03. The van der Waals surface area contributed by atoms with Crippen molar-refractivity contribution in [2.75, 3.05) is 11.4 Å². The normalized spacial score (nSPS) is 12.0. The van der Waals surface area contributed by atoms with Crippen molar-refractivity contribution in [3.05, 3.63) is 88.4 Å². The molecule has 0 fully saturated rings. The number of benzene rings is 2. The van der Waals surface area contributed by atoms with Gasteiger partial charge >= 0.3 is 0 Å². The van der Waals surface area contributed by atoms with Crippen molar-refractivity contribution in [1.82, 2.24) is 10.6 Å². The van der Waals surface area contributed by atoms with Crippen molar-refractivity contribution in [2.24, 2.45) is 0 Å². The summed E-state index contributed by atoms with van der Waals surface area (Å²) in [5, 5.41) is 7.31. The number of hydrogen-bond acceptors (Lipinski definition) is 4. The highest BCUT2D eigenvalue weighted by atomic mass is 32.1. The lowest BCUT2D eigenvalue weighted by atomic mass is 10.0. The van der Waals surface area contributed by atoms with Gasteiger partial charge in [-0.05, 0) is 62.0 Å². The van der Waals surface area contributed by atoms with E-state index < -0.39 is 29.2 Å². The highest BCUT2D eigenvalue weighted by molar-refractivity contribution is 7.12. The Kier molecular flexibility index (Phi) is 7.60. The first-order valence-corrected chi connectivity index (χ1v) is 11.3. The zero-order chi connectivity index (χ0) is 24.0. The molecule has 3 aromatic rings. The summed E-state index contributed by atoms with van der Waals surface area (Å²) in [6.45, 7) is 5.20. The van der Waals surface area contributed by atoms with Gasteiger partial charge in [-0.2, -0.15) is 0 Å². The Labute approximate surface area is 196 Å². The minimum Gasteiger partial charge on any atom is -0.349 e.